The molecular weight excluding hydrogens is 350 g/mol. The minimum absolute atomic E-state index is 0.0255. The van der Waals surface area contributed by atoms with E-state index in [4.69, 9.17) is 5.11 Å². The fourth-order valence-electron chi connectivity index (χ4n) is 2.87. The van der Waals surface area contributed by atoms with Gasteiger partial charge in [-0.3, -0.25) is 9.78 Å². The molecule has 0 radical (unpaired) electrons. The fourth-order valence-corrected chi connectivity index (χ4v) is 4.65. The van der Waals surface area contributed by atoms with E-state index < -0.39 is 34.7 Å². The van der Waals surface area contributed by atoms with Gasteiger partial charge in [0.1, 0.15) is 6.04 Å². The van der Waals surface area contributed by atoms with E-state index in [1.807, 2.05) is 0 Å². The molecule has 2 N–H and O–H groups in total. The Kier molecular flexibility index (Phi) is 4.31. The Morgan fingerprint density at radius 1 is 1.16 bits per heavy atom. The number of aromatic nitrogens is 1. The van der Waals surface area contributed by atoms with Gasteiger partial charge < -0.3 is 15.1 Å². The second-order valence-corrected chi connectivity index (χ2v) is 7.41. The number of sulfonamides is 1. The van der Waals surface area contributed by atoms with Crippen LogP contribution in [0.4, 0.5) is 4.79 Å². The van der Waals surface area contributed by atoms with Gasteiger partial charge in [0, 0.05) is 36.3 Å². The number of nitrogens with zero attached hydrogens (tertiary/aromatic N) is 3. The highest BCUT2D eigenvalue weighted by molar-refractivity contribution is 7.89. The first kappa shape index (κ1) is 17.1. The number of pyridine rings is 1. The van der Waals surface area contributed by atoms with Crippen molar-refractivity contribution in [3.8, 4) is 0 Å². The van der Waals surface area contributed by atoms with E-state index >= 15 is 0 Å². The van der Waals surface area contributed by atoms with Crippen LogP contribution >= 0.6 is 0 Å². The summed E-state index contributed by atoms with van der Waals surface area (Å²) in [4.78, 5) is 27.4. The molecule has 25 heavy (non-hydrogen) atoms. The van der Waals surface area contributed by atoms with Crippen molar-refractivity contribution in [3.63, 3.8) is 0 Å². The number of hydrogen-bond donors (Lipinski definition) is 2. The molecular formula is C15H15N3O6S. The second-order valence-electron chi connectivity index (χ2n) is 5.55. The molecule has 2 heterocycles. The van der Waals surface area contributed by atoms with E-state index in [0.717, 1.165) is 9.21 Å². The highest BCUT2D eigenvalue weighted by Crippen LogP contribution is 2.27. The Hall–Kier alpha value is -2.72. The van der Waals surface area contributed by atoms with Crippen LogP contribution in [-0.2, 0) is 14.8 Å². The molecule has 10 heteroatoms. The van der Waals surface area contributed by atoms with E-state index in [2.05, 4.69) is 4.98 Å². The van der Waals surface area contributed by atoms with Crippen LogP contribution in [0.15, 0.2) is 41.6 Å². The standard InChI is InChI=1S/C15H15N3O6S/c19-14(20)12-9-17(15(21)22)6-7-18(12)25(23,24)13-3-1-2-10-8-16-5-4-11(10)13/h1-5,8,12H,6-7,9H2,(H,19,20)(H,21,22). The van der Waals surface area contributed by atoms with Crippen LogP contribution in [0.25, 0.3) is 10.8 Å². The molecule has 2 aromatic rings. The topological polar surface area (TPSA) is 128 Å². The van der Waals surface area contributed by atoms with Crippen molar-refractivity contribution in [2.75, 3.05) is 19.6 Å². The van der Waals surface area contributed by atoms with Crippen LogP contribution in [0.5, 0.6) is 0 Å². The number of amides is 1. The molecule has 1 aliphatic rings. The molecule has 0 aliphatic carbocycles. The molecule has 0 saturated carbocycles. The molecule has 9 nitrogen and oxygen atoms in total. The molecule has 1 saturated heterocycles. The van der Waals surface area contributed by atoms with Gasteiger partial charge in [0.05, 0.1) is 11.4 Å². The van der Waals surface area contributed by atoms with E-state index in [9.17, 15) is 23.1 Å². The Morgan fingerprint density at radius 3 is 2.60 bits per heavy atom. The van der Waals surface area contributed by atoms with Crippen molar-refractivity contribution in [1.29, 1.82) is 0 Å². The molecule has 1 aromatic carbocycles. The first-order chi connectivity index (χ1) is 11.8. The van der Waals surface area contributed by atoms with Gasteiger partial charge in [0.15, 0.2) is 0 Å². The SMILES string of the molecule is O=C(O)C1CN(C(=O)O)CCN1S(=O)(=O)c1cccc2cnccc12. The van der Waals surface area contributed by atoms with Crippen LogP contribution in [0.3, 0.4) is 0 Å². The van der Waals surface area contributed by atoms with Crippen molar-refractivity contribution in [2.24, 2.45) is 0 Å². The van der Waals surface area contributed by atoms with Gasteiger partial charge in [-0.15, -0.1) is 0 Å². The van der Waals surface area contributed by atoms with Crippen LogP contribution in [0.1, 0.15) is 0 Å². The predicted molar refractivity (Wildman–Crippen MR) is 86.7 cm³/mol. The van der Waals surface area contributed by atoms with Crippen LogP contribution < -0.4 is 0 Å². The van der Waals surface area contributed by atoms with Gasteiger partial charge in [-0.05, 0) is 12.1 Å². The van der Waals surface area contributed by atoms with Gasteiger partial charge >= 0.3 is 12.1 Å². The van der Waals surface area contributed by atoms with Crippen LogP contribution in [-0.4, -0.2) is 70.6 Å². The maximum Gasteiger partial charge on any atom is 0.407 e. The van der Waals surface area contributed by atoms with Gasteiger partial charge in [0.2, 0.25) is 10.0 Å². The molecule has 3 rings (SSSR count). The summed E-state index contributed by atoms with van der Waals surface area (Å²) in [6.45, 7) is -0.742. The predicted octanol–water partition coefficient (Wildman–Crippen LogP) is 0.672. The number of carbonyl (C=O) groups is 2. The monoisotopic (exact) mass is 365 g/mol. The molecule has 0 spiro atoms. The maximum absolute atomic E-state index is 13.1. The number of benzene rings is 1. The summed E-state index contributed by atoms with van der Waals surface area (Å²) in [5.74, 6) is -1.39. The van der Waals surface area contributed by atoms with E-state index in [1.54, 1.807) is 18.2 Å². The summed E-state index contributed by atoms with van der Waals surface area (Å²) in [7, 11) is -4.13. The van der Waals surface area contributed by atoms with E-state index in [-0.39, 0.29) is 18.0 Å². The zero-order valence-corrected chi connectivity index (χ0v) is 13.8. The fraction of sp³-hybridized carbons (Fsp3) is 0.267. The molecule has 1 amide bonds. The van der Waals surface area contributed by atoms with Crippen molar-refractivity contribution in [2.45, 2.75) is 10.9 Å². The van der Waals surface area contributed by atoms with E-state index in [0.29, 0.717) is 10.8 Å². The molecule has 1 aliphatic heterocycles. The lowest BCUT2D eigenvalue weighted by atomic mass is 10.2. The number of aliphatic carboxylic acids is 1. The highest BCUT2D eigenvalue weighted by Gasteiger charge is 2.41. The third-order valence-electron chi connectivity index (χ3n) is 4.11. The van der Waals surface area contributed by atoms with Crippen molar-refractivity contribution < 1.29 is 28.2 Å². The molecule has 0 bridgehead atoms. The Bertz CT molecular complexity index is 940. The molecule has 1 fully saturated rings. The van der Waals surface area contributed by atoms with Gasteiger partial charge in [-0.2, -0.15) is 4.31 Å². The van der Waals surface area contributed by atoms with Crippen LogP contribution in [0.2, 0.25) is 0 Å². The molecule has 1 atom stereocenters. The molecule has 132 valence electrons. The molecule has 1 unspecified atom stereocenters. The summed E-state index contributed by atoms with van der Waals surface area (Å²) in [5, 5.41) is 19.5. The first-order valence-electron chi connectivity index (χ1n) is 7.37. The van der Waals surface area contributed by atoms with Gasteiger partial charge in [0.25, 0.3) is 0 Å². The van der Waals surface area contributed by atoms with Crippen molar-refractivity contribution >= 4 is 32.9 Å². The minimum atomic E-state index is -4.13. The quantitative estimate of drug-likeness (QED) is 0.818. The van der Waals surface area contributed by atoms with Gasteiger partial charge in [-0.25, -0.2) is 13.2 Å². The number of carboxylic acids is 1. The summed E-state index contributed by atoms with van der Waals surface area (Å²) < 4.78 is 27.0. The average Bonchev–Trinajstić information content (AvgIpc) is 2.60. The lowest BCUT2D eigenvalue weighted by Gasteiger charge is -2.37. The van der Waals surface area contributed by atoms with Crippen LogP contribution in [0, 0.1) is 0 Å². The third kappa shape index (κ3) is 3.01. The summed E-state index contributed by atoms with van der Waals surface area (Å²) in [6.07, 6.45) is 1.70. The Balaban J connectivity index is 2.06. The summed E-state index contributed by atoms with van der Waals surface area (Å²) in [5.41, 5.74) is 0. The number of rotatable bonds is 3. The third-order valence-corrected chi connectivity index (χ3v) is 6.08. The highest BCUT2D eigenvalue weighted by atomic mass is 32.2. The second kappa shape index (κ2) is 6.30. The summed E-state index contributed by atoms with van der Waals surface area (Å²) >= 11 is 0. The van der Waals surface area contributed by atoms with Crippen molar-refractivity contribution in [3.05, 3.63) is 36.7 Å². The lowest BCUT2D eigenvalue weighted by Crippen LogP contribution is -2.59. The average molecular weight is 365 g/mol. The molecule has 1 aromatic heterocycles. The number of carboxylic acid groups (broad SMARTS) is 2. The number of fused-ring (bicyclic) bond motifs is 1. The summed E-state index contributed by atoms with van der Waals surface area (Å²) in [6, 6.07) is 4.73. The zero-order valence-electron chi connectivity index (χ0n) is 12.9. The normalized spacial score (nSPS) is 19.0. The van der Waals surface area contributed by atoms with Gasteiger partial charge in [-0.1, -0.05) is 12.1 Å². The lowest BCUT2D eigenvalue weighted by molar-refractivity contribution is -0.142. The number of hydrogen-bond acceptors (Lipinski definition) is 5. The number of piperazine rings is 1. The minimum Gasteiger partial charge on any atom is -0.480 e. The maximum atomic E-state index is 13.1. The van der Waals surface area contributed by atoms with E-state index in [1.165, 1.54) is 18.5 Å². The Morgan fingerprint density at radius 2 is 1.92 bits per heavy atom. The smallest absolute Gasteiger partial charge is 0.407 e. The Labute approximate surface area is 143 Å². The van der Waals surface area contributed by atoms with Crippen molar-refractivity contribution in [1.82, 2.24) is 14.2 Å². The largest absolute Gasteiger partial charge is 0.480 e. The zero-order chi connectivity index (χ0) is 18.2. The first-order valence-corrected chi connectivity index (χ1v) is 8.81.